The van der Waals surface area contributed by atoms with E-state index in [4.69, 9.17) is 9.47 Å². The number of hydrogen-bond donors (Lipinski definition) is 1. The predicted molar refractivity (Wildman–Crippen MR) is 105 cm³/mol. The Morgan fingerprint density at radius 2 is 1.46 bits per heavy atom. The van der Waals surface area contributed by atoms with Gasteiger partial charge in [-0.05, 0) is 54.7 Å². The molecule has 140 valence electrons. The first-order chi connectivity index (χ1) is 12.2. The fourth-order valence-corrected chi connectivity index (χ4v) is 2.60. The molecule has 0 saturated carbocycles. The van der Waals surface area contributed by atoms with Crippen LogP contribution >= 0.6 is 0 Å². The van der Waals surface area contributed by atoms with E-state index in [-0.39, 0.29) is 17.4 Å². The minimum absolute atomic E-state index is 0.0926. The number of rotatable bonds is 6. The highest BCUT2D eigenvalue weighted by Crippen LogP contribution is 2.25. The van der Waals surface area contributed by atoms with Crippen LogP contribution in [0, 0.1) is 0 Å². The zero-order valence-corrected chi connectivity index (χ0v) is 16.5. The van der Waals surface area contributed by atoms with Gasteiger partial charge in [-0.15, -0.1) is 0 Å². The average molecular weight is 355 g/mol. The largest absolute Gasteiger partial charge is 0.497 e. The van der Waals surface area contributed by atoms with Crippen molar-refractivity contribution in [3.8, 4) is 11.5 Å². The number of ether oxygens (including phenoxy) is 2. The molecular weight excluding hydrogens is 326 g/mol. The lowest BCUT2D eigenvalue weighted by molar-refractivity contribution is -0.127. The molecular formula is C22H29NO3. The van der Waals surface area contributed by atoms with Gasteiger partial charge in [-0.25, -0.2) is 0 Å². The quantitative estimate of drug-likeness (QED) is 0.821. The fraction of sp³-hybridized carbons (Fsp3) is 0.409. The molecule has 1 N–H and O–H groups in total. The van der Waals surface area contributed by atoms with E-state index in [2.05, 4.69) is 26.1 Å². The second-order valence-corrected chi connectivity index (χ2v) is 7.54. The molecule has 0 aromatic heterocycles. The Morgan fingerprint density at radius 1 is 0.923 bits per heavy atom. The van der Waals surface area contributed by atoms with Crippen molar-refractivity contribution >= 4 is 5.91 Å². The van der Waals surface area contributed by atoms with Gasteiger partial charge in [0.2, 0.25) is 0 Å². The SMILES string of the molecule is COc1ccc([C@H](C)NC(=O)[C@@H](C)Oc2ccc(C(C)(C)C)cc2)cc1. The second-order valence-electron chi connectivity index (χ2n) is 7.54. The van der Waals surface area contributed by atoms with Crippen LogP contribution in [0.1, 0.15) is 51.8 Å². The monoisotopic (exact) mass is 355 g/mol. The first kappa shape index (κ1) is 19.8. The Morgan fingerprint density at radius 3 is 1.96 bits per heavy atom. The van der Waals surface area contributed by atoms with Crippen LogP contribution in [0.15, 0.2) is 48.5 Å². The first-order valence-electron chi connectivity index (χ1n) is 8.92. The van der Waals surface area contributed by atoms with E-state index in [1.165, 1.54) is 5.56 Å². The summed E-state index contributed by atoms with van der Waals surface area (Å²) in [5.41, 5.74) is 2.34. The van der Waals surface area contributed by atoms with Crippen LogP contribution in [-0.4, -0.2) is 19.1 Å². The van der Waals surface area contributed by atoms with Gasteiger partial charge in [0.1, 0.15) is 11.5 Å². The molecule has 4 heteroatoms. The zero-order valence-electron chi connectivity index (χ0n) is 16.5. The molecule has 0 saturated heterocycles. The standard InChI is InChI=1S/C22H29NO3/c1-15(17-7-11-19(25-6)12-8-17)23-21(24)16(2)26-20-13-9-18(10-14-20)22(3,4)5/h7-16H,1-6H3,(H,23,24)/t15-,16+/m0/s1. The van der Waals surface area contributed by atoms with Crippen molar-refractivity contribution in [2.24, 2.45) is 0 Å². The Hall–Kier alpha value is -2.49. The smallest absolute Gasteiger partial charge is 0.261 e. The third-order valence-corrected chi connectivity index (χ3v) is 4.38. The molecule has 0 heterocycles. The maximum absolute atomic E-state index is 12.4. The first-order valence-corrected chi connectivity index (χ1v) is 8.92. The van der Waals surface area contributed by atoms with Crippen LogP contribution in [0.3, 0.4) is 0 Å². The lowest BCUT2D eigenvalue weighted by atomic mass is 9.87. The van der Waals surface area contributed by atoms with Crippen LogP contribution in [0.5, 0.6) is 11.5 Å². The van der Waals surface area contributed by atoms with E-state index in [0.717, 1.165) is 11.3 Å². The summed E-state index contributed by atoms with van der Waals surface area (Å²) in [5.74, 6) is 1.34. The Kier molecular flexibility index (Phi) is 6.30. The van der Waals surface area contributed by atoms with Gasteiger partial charge in [-0.3, -0.25) is 4.79 Å². The summed E-state index contributed by atoms with van der Waals surface area (Å²) in [5, 5.41) is 2.98. The topological polar surface area (TPSA) is 47.6 Å². The van der Waals surface area contributed by atoms with Crippen molar-refractivity contribution in [3.05, 3.63) is 59.7 Å². The normalized spacial score (nSPS) is 13.6. The molecule has 0 aliphatic carbocycles. The van der Waals surface area contributed by atoms with Gasteiger partial charge in [0.05, 0.1) is 13.2 Å². The minimum atomic E-state index is -0.573. The number of nitrogens with one attached hydrogen (secondary N) is 1. The number of hydrogen-bond acceptors (Lipinski definition) is 3. The van der Waals surface area contributed by atoms with Crippen molar-refractivity contribution in [3.63, 3.8) is 0 Å². The maximum Gasteiger partial charge on any atom is 0.261 e. The molecule has 0 unspecified atom stereocenters. The number of methoxy groups -OCH3 is 1. The van der Waals surface area contributed by atoms with Crippen molar-refractivity contribution in [2.45, 2.75) is 52.2 Å². The molecule has 0 aliphatic heterocycles. The summed E-state index contributed by atoms with van der Waals surface area (Å²) >= 11 is 0. The Labute approximate surface area is 156 Å². The molecule has 0 bridgehead atoms. The molecule has 0 aliphatic rings. The molecule has 0 spiro atoms. The van der Waals surface area contributed by atoms with E-state index in [0.29, 0.717) is 5.75 Å². The van der Waals surface area contributed by atoms with Crippen molar-refractivity contribution in [1.29, 1.82) is 0 Å². The van der Waals surface area contributed by atoms with Crippen LogP contribution in [0.4, 0.5) is 0 Å². The van der Waals surface area contributed by atoms with Gasteiger partial charge >= 0.3 is 0 Å². The van der Waals surface area contributed by atoms with Gasteiger partial charge in [0.25, 0.3) is 5.91 Å². The molecule has 2 atom stereocenters. The lowest BCUT2D eigenvalue weighted by Gasteiger charge is -2.21. The van der Waals surface area contributed by atoms with E-state index in [1.807, 2.05) is 55.5 Å². The number of benzene rings is 2. The van der Waals surface area contributed by atoms with E-state index >= 15 is 0 Å². The van der Waals surface area contributed by atoms with Gasteiger partial charge in [0, 0.05) is 0 Å². The van der Waals surface area contributed by atoms with E-state index < -0.39 is 6.10 Å². The highest BCUT2D eigenvalue weighted by molar-refractivity contribution is 5.81. The van der Waals surface area contributed by atoms with E-state index in [9.17, 15) is 4.79 Å². The molecule has 2 aromatic carbocycles. The van der Waals surface area contributed by atoms with Crippen LogP contribution in [0.25, 0.3) is 0 Å². The zero-order chi connectivity index (χ0) is 19.3. The molecule has 2 rings (SSSR count). The lowest BCUT2D eigenvalue weighted by Crippen LogP contribution is -2.37. The average Bonchev–Trinajstić information content (AvgIpc) is 2.61. The number of carbonyl (C=O) groups excluding carboxylic acids is 1. The maximum atomic E-state index is 12.4. The second kappa shape index (κ2) is 8.26. The van der Waals surface area contributed by atoms with Crippen molar-refractivity contribution < 1.29 is 14.3 Å². The number of amides is 1. The predicted octanol–water partition coefficient (Wildman–Crippen LogP) is 4.64. The van der Waals surface area contributed by atoms with Gasteiger partial charge < -0.3 is 14.8 Å². The number of carbonyl (C=O) groups is 1. The Balaban J connectivity index is 1.94. The summed E-state index contributed by atoms with van der Waals surface area (Å²) in [4.78, 5) is 12.4. The molecule has 26 heavy (non-hydrogen) atoms. The van der Waals surface area contributed by atoms with Crippen molar-refractivity contribution in [1.82, 2.24) is 5.32 Å². The summed E-state index contributed by atoms with van der Waals surface area (Å²) in [6.45, 7) is 10.2. The Bertz CT molecular complexity index is 715. The fourth-order valence-electron chi connectivity index (χ4n) is 2.60. The summed E-state index contributed by atoms with van der Waals surface area (Å²) in [6, 6.07) is 15.5. The van der Waals surface area contributed by atoms with Gasteiger partial charge in [-0.1, -0.05) is 45.0 Å². The third kappa shape index (κ3) is 5.25. The summed E-state index contributed by atoms with van der Waals surface area (Å²) < 4.78 is 10.9. The highest BCUT2D eigenvalue weighted by Gasteiger charge is 2.18. The highest BCUT2D eigenvalue weighted by atomic mass is 16.5. The molecule has 0 radical (unpaired) electrons. The van der Waals surface area contributed by atoms with Crippen LogP contribution in [0.2, 0.25) is 0 Å². The van der Waals surface area contributed by atoms with Crippen LogP contribution < -0.4 is 14.8 Å². The van der Waals surface area contributed by atoms with E-state index in [1.54, 1.807) is 14.0 Å². The van der Waals surface area contributed by atoms with Gasteiger partial charge in [-0.2, -0.15) is 0 Å². The molecule has 0 fully saturated rings. The minimum Gasteiger partial charge on any atom is -0.497 e. The molecule has 2 aromatic rings. The van der Waals surface area contributed by atoms with Crippen molar-refractivity contribution in [2.75, 3.05) is 7.11 Å². The van der Waals surface area contributed by atoms with Gasteiger partial charge in [0.15, 0.2) is 6.10 Å². The van der Waals surface area contributed by atoms with Crippen LogP contribution in [-0.2, 0) is 10.2 Å². The molecule has 1 amide bonds. The summed E-state index contributed by atoms with van der Waals surface area (Å²) in [6.07, 6.45) is -0.573. The third-order valence-electron chi connectivity index (χ3n) is 4.38. The molecule has 4 nitrogen and oxygen atoms in total. The summed E-state index contributed by atoms with van der Waals surface area (Å²) in [7, 11) is 1.63.